The molecule has 0 unspecified atom stereocenters. The van der Waals surface area contributed by atoms with E-state index in [0.29, 0.717) is 0 Å². The number of hydrogen-bond donors (Lipinski definition) is 0. The summed E-state index contributed by atoms with van der Waals surface area (Å²) < 4.78 is 7.71. The standard InChI is InChI=1S/C116H117BN4S/c1-109(2,3)76-39-31-38-72(56-76)73-44-50-94-102(59-73)121(106-87(70-34-27-25-28-35-70)66-83(116(22,23)24)67-88(106)71-36-29-26-30-37-71)104-69-84(118-95-52-46-77(110(4,5)6)62-89(95)90-63-78(111(7,8)9)47-53-96(90)118)68-103-105(104)117(94)93-51-45-74(75-57-81(114(16,17)18)61-82(58-75)115(19,20)21)60-101(93)120(103)100-43-33-41-86-85-40-32-42-99(107(85)122-108(86)100)119-97-54-48-79(112(10,11)12)64-91(97)92-65-80(113(13,14)15)49-55-98(92)119/h25-69H,1-24H3. The second-order valence-electron chi connectivity index (χ2n) is 43.6. The van der Waals surface area contributed by atoms with Crippen LogP contribution in [-0.2, 0) is 43.3 Å². The molecule has 0 fully saturated rings. The molecule has 5 heterocycles. The predicted molar refractivity (Wildman–Crippen MR) is 533 cm³/mol. The van der Waals surface area contributed by atoms with Crippen molar-refractivity contribution in [3.05, 3.63) is 317 Å². The van der Waals surface area contributed by atoms with E-state index in [4.69, 9.17) is 0 Å². The molecule has 0 atom stereocenters. The molecule has 3 aromatic heterocycles. The van der Waals surface area contributed by atoms with E-state index in [0.717, 1.165) is 50.9 Å². The third-order valence-corrected chi connectivity index (χ3v) is 28.0. The Kier molecular flexibility index (Phi) is 18.5. The van der Waals surface area contributed by atoms with Crippen molar-refractivity contribution >= 4 is 132 Å². The molecule has 2 aliphatic rings. The molecule has 4 nitrogen and oxygen atoms in total. The Balaban J connectivity index is 0.998. The van der Waals surface area contributed by atoms with Gasteiger partial charge in [0.05, 0.1) is 54.2 Å². The van der Waals surface area contributed by atoms with Crippen LogP contribution in [0, 0.1) is 0 Å². The average Bonchev–Trinajstić information content (AvgIpc) is 1.08. The van der Waals surface area contributed by atoms with Crippen LogP contribution in [0.15, 0.2) is 273 Å². The number of nitrogens with zero attached hydrogens (tertiary/aromatic N) is 4. The van der Waals surface area contributed by atoms with Crippen LogP contribution in [0.5, 0.6) is 0 Å². The number of aromatic nitrogens is 2. The fraction of sp³-hybridized carbons (Fsp3) is 0.276. The van der Waals surface area contributed by atoms with Gasteiger partial charge in [-0.15, -0.1) is 11.3 Å². The van der Waals surface area contributed by atoms with Crippen LogP contribution in [0.2, 0.25) is 0 Å². The van der Waals surface area contributed by atoms with Crippen molar-refractivity contribution in [1.29, 1.82) is 0 Å². The summed E-state index contributed by atoms with van der Waals surface area (Å²) in [5.74, 6) is 0. The number of rotatable bonds is 8. The zero-order chi connectivity index (χ0) is 85.9. The summed E-state index contributed by atoms with van der Waals surface area (Å²) in [5.41, 5.74) is 36.8. The first-order chi connectivity index (χ1) is 57.5. The van der Waals surface area contributed by atoms with Crippen molar-refractivity contribution in [3.63, 3.8) is 0 Å². The Morgan fingerprint density at radius 1 is 0.221 bits per heavy atom. The SMILES string of the molecule is CC(C)(C)c1cccc(-c2ccc3c(c2)N(c2c(-c4ccccc4)cc(C(C)(C)C)cc2-c2ccccc2)c2cc(-n4c5ccc(C(C)(C)C)cc5c5cc(C(C)(C)C)ccc54)cc4c2B3c2ccc(-c3cc(C(C)(C)C)cc(C(C)(C)C)c3)cc2N4c2cccc3c2sc2c(-n4c5ccc(C(C)(C)C)cc5c5cc(C(C)(C)C)ccc54)cccc23)c1. The van der Waals surface area contributed by atoms with Gasteiger partial charge >= 0.3 is 0 Å². The molecule has 0 saturated heterocycles. The molecule has 0 saturated carbocycles. The lowest BCUT2D eigenvalue weighted by molar-refractivity contribution is 0.569. The Morgan fingerprint density at radius 3 is 1.00 bits per heavy atom. The minimum atomic E-state index is -0.251. The number of fused-ring (bicyclic) bond motifs is 13. The van der Waals surface area contributed by atoms with Gasteiger partial charge in [-0.25, -0.2) is 0 Å². The van der Waals surface area contributed by atoms with E-state index in [2.05, 4.69) is 458 Å². The summed E-state index contributed by atoms with van der Waals surface area (Å²) in [5, 5.41) is 7.54. The van der Waals surface area contributed by atoms with E-state index in [-0.39, 0.29) is 50.0 Å². The summed E-state index contributed by atoms with van der Waals surface area (Å²) in [6.07, 6.45) is 0. The van der Waals surface area contributed by atoms with Gasteiger partial charge in [0.15, 0.2) is 0 Å². The summed E-state index contributed by atoms with van der Waals surface area (Å²) in [4.78, 5) is 5.52. The maximum atomic E-state index is 2.77. The molecule has 610 valence electrons. The minimum absolute atomic E-state index is 0.0431. The predicted octanol–water partition coefficient (Wildman–Crippen LogP) is 31.4. The zero-order valence-corrected chi connectivity index (χ0v) is 77.1. The summed E-state index contributed by atoms with van der Waals surface area (Å²) in [7, 11) is 0. The molecule has 6 heteroatoms. The van der Waals surface area contributed by atoms with E-state index in [1.807, 2.05) is 11.3 Å². The first-order valence-corrected chi connectivity index (χ1v) is 45.1. The molecule has 122 heavy (non-hydrogen) atoms. The molecule has 17 aromatic rings. The van der Waals surface area contributed by atoms with Crippen molar-refractivity contribution in [2.24, 2.45) is 0 Å². The third-order valence-electron chi connectivity index (χ3n) is 26.7. The highest BCUT2D eigenvalue weighted by molar-refractivity contribution is 7.27. The monoisotopic (exact) mass is 1610 g/mol. The maximum Gasteiger partial charge on any atom is 0.252 e. The Hall–Kier alpha value is -11.4. The molecule has 14 aromatic carbocycles. The van der Waals surface area contributed by atoms with Gasteiger partial charge in [-0.05, 0) is 235 Å². The largest absolute Gasteiger partial charge is 0.310 e. The van der Waals surface area contributed by atoms with Crippen LogP contribution in [-0.4, -0.2) is 15.8 Å². The molecular formula is C116H117BN4S. The van der Waals surface area contributed by atoms with Gasteiger partial charge < -0.3 is 18.9 Å². The van der Waals surface area contributed by atoms with Crippen molar-refractivity contribution in [2.75, 3.05) is 9.80 Å². The van der Waals surface area contributed by atoms with Crippen molar-refractivity contribution in [3.8, 4) is 55.9 Å². The van der Waals surface area contributed by atoms with E-state index in [1.165, 1.54) is 164 Å². The molecule has 0 spiro atoms. The molecule has 19 rings (SSSR count). The second kappa shape index (κ2) is 28.1. The lowest BCUT2D eigenvalue weighted by atomic mass is 9.33. The first-order valence-electron chi connectivity index (χ1n) is 44.3. The topological polar surface area (TPSA) is 16.3 Å². The molecule has 0 radical (unpaired) electrons. The molecule has 0 amide bonds. The Bertz CT molecular complexity index is 6900. The lowest BCUT2D eigenvalue weighted by Gasteiger charge is -2.45. The van der Waals surface area contributed by atoms with Gasteiger partial charge in [-0.2, -0.15) is 0 Å². The highest BCUT2D eigenvalue weighted by Gasteiger charge is 2.46. The van der Waals surface area contributed by atoms with Crippen LogP contribution in [0.3, 0.4) is 0 Å². The van der Waals surface area contributed by atoms with Crippen molar-refractivity contribution < 1.29 is 0 Å². The van der Waals surface area contributed by atoms with Crippen molar-refractivity contribution in [1.82, 2.24) is 9.13 Å². The van der Waals surface area contributed by atoms with Crippen molar-refractivity contribution in [2.45, 2.75) is 209 Å². The van der Waals surface area contributed by atoms with E-state index in [9.17, 15) is 0 Å². The number of benzene rings is 14. The fourth-order valence-corrected chi connectivity index (χ4v) is 20.7. The van der Waals surface area contributed by atoms with E-state index < -0.39 is 0 Å². The van der Waals surface area contributed by atoms with Gasteiger partial charge in [0.1, 0.15) is 0 Å². The van der Waals surface area contributed by atoms with E-state index >= 15 is 0 Å². The number of anilines is 6. The van der Waals surface area contributed by atoms with Gasteiger partial charge in [-0.3, -0.25) is 0 Å². The zero-order valence-electron chi connectivity index (χ0n) is 76.3. The summed E-state index contributed by atoms with van der Waals surface area (Å²) >= 11 is 1.95. The minimum Gasteiger partial charge on any atom is -0.310 e. The lowest BCUT2D eigenvalue weighted by Crippen LogP contribution is -2.61. The smallest absolute Gasteiger partial charge is 0.252 e. The summed E-state index contributed by atoms with van der Waals surface area (Å²) in [6.45, 7) is 56.3. The van der Waals surface area contributed by atoms with Gasteiger partial charge in [-0.1, -0.05) is 342 Å². The molecule has 0 N–H and O–H groups in total. The average molecular weight is 1610 g/mol. The number of thiophene rings is 1. The van der Waals surface area contributed by atoms with E-state index in [1.54, 1.807) is 0 Å². The van der Waals surface area contributed by atoms with Crippen LogP contribution in [0.25, 0.3) is 120 Å². The van der Waals surface area contributed by atoms with Gasteiger partial charge in [0.25, 0.3) is 6.71 Å². The molecular weight excluding hydrogens is 1490 g/mol. The third kappa shape index (κ3) is 13.5. The fourth-order valence-electron chi connectivity index (χ4n) is 19.4. The summed E-state index contributed by atoms with van der Waals surface area (Å²) in [6, 6.07) is 108. The van der Waals surface area contributed by atoms with Crippen LogP contribution >= 0.6 is 11.3 Å². The molecule has 2 aliphatic heterocycles. The van der Waals surface area contributed by atoms with Crippen LogP contribution in [0.4, 0.5) is 34.1 Å². The van der Waals surface area contributed by atoms with Gasteiger partial charge in [0, 0.05) is 66.2 Å². The quantitative estimate of drug-likeness (QED) is 0.141. The maximum absolute atomic E-state index is 2.77. The second-order valence-corrected chi connectivity index (χ2v) is 44.6. The Morgan fingerprint density at radius 2 is 0.566 bits per heavy atom. The molecule has 0 aliphatic carbocycles. The van der Waals surface area contributed by atoms with Crippen LogP contribution < -0.4 is 26.2 Å². The Labute approximate surface area is 729 Å². The molecule has 0 bridgehead atoms. The van der Waals surface area contributed by atoms with Gasteiger partial charge in [0.2, 0.25) is 0 Å². The first kappa shape index (κ1) is 80.3. The number of hydrogen-bond acceptors (Lipinski definition) is 3. The highest BCUT2D eigenvalue weighted by Crippen LogP contribution is 2.56. The normalized spacial score (nSPS) is 13.7. The van der Waals surface area contributed by atoms with Crippen LogP contribution in [0.1, 0.15) is 211 Å². The highest BCUT2D eigenvalue weighted by atomic mass is 32.1.